The Kier molecular flexibility index (Phi) is 4.54. The van der Waals surface area contributed by atoms with E-state index in [0.717, 1.165) is 35.6 Å². The van der Waals surface area contributed by atoms with Gasteiger partial charge in [-0.2, -0.15) is 0 Å². The number of fused-ring (bicyclic) bond motifs is 2. The number of benzene rings is 1. The number of carbonyl (C=O) groups is 1. The molecule has 0 bridgehead atoms. The Hall–Kier alpha value is -1.54. The summed E-state index contributed by atoms with van der Waals surface area (Å²) in [7, 11) is 0. The van der Waals surface area contributed by atoms with Gasteiger partial charge in [-0.25, -0.2) is 0 Å². The molecule has 1 N–H and O–H groups in total. The first-order valence-corrected chi connectivity index (χ1v) is 10.6. The van der Waals surface area contributed by atoms with E-state index in [-0.39, 0.29) is 11.3 Å². The van der Waals surface area contributed by atoms with Crippen LogP contribution in [0.25, 0.3) is 5.57 Å². The lowest BCUT2D eigenvalue weighted by Crippen LogP contribution is -2.49. The maximum Gasteiger partial charge on any atom is 0.256 e. The number of carbonyl (C=O) groups excluding carboxylic acids is 1. The molecule has 3 aliphatic rings. The van der Waals surface area contributed by atoms with Crippen LogP contribution in [0.15, 0.2) is 36.4 Å². The molecule has 0 radical (unpaired) electrons. The molecule has 2 nitrogen and oxygen atoms in total. The van der Waals surface area contributed by atoms with E-state index in [1.165, 1.54) is 31.3 Å². The van der Waals surface area contributed by atoms with Crippen molar-refractivity contribution in [2.24, 2.45) is 22.7 Å². The second kappa shape index (κ2) is 6.51. The molecule has 2 aliphatic carbocycles. The third-order valence-electron chi connectivity index (χ3n) is 7.64. The summed E-state index contributed by atoms with van der Waals surface area (Å²) in [6.07, 6.45) is 9.28. The molecule has 1 aromatic rings. The lowest BCUT2D eigenvalue weighted by atomic mass is 9.47. The van der Waals surface area contributed by atoms with Crippen molar-refractivity contribution in [3.8, 4) is 0 Å². The molecule has 144 valence electrons. The smallest absolute Gasteiger partial charge is 0.256 e. The first-order valence-electron chi connectivity index (χ1n) is 10.2. The fourth-order valence-electron chi connectivity index (χ4n) is 6.31. The van der Waals surface area contributed by atoms with Gasteiger partial charge in [-0.05, 0) is 73.0 Å². The van der Waals surface area contributed by atoms with Crippen molar-refractivity contribution in [2.45, 2.75) is 59.3 Å². The minimum atomic E-state index is -0.0145. The lowest BCUT2D eigenvalue weighted by molar-refractivity contribution is -0.110. The van der Waals surface area contributed by atoms with Gasteiger partial charge in [0.2, 0.25) is 0 Å². The van der Waals surface area contributed by atoms with Gasteiger partial charge >= 0.3 is 0 Å². The highest BCUT2D eigenvalue weighted by Crippen LogP contribution is 2.61. The van der Waals surface area contributed by atoms with Crippen molar-refractivity contribution in [2.75, 3.05) is 5.32 Å². The van der Waals surface area contributed by atoms with E-state index in [1.807, 2.05) is 18.2 Å². The number of amides is 1. The first-order chi connectivity index (χ1) is 12.7. The van der Waals surface area contributed by atoms with Crippen molar-refractivity contribution in [3.63, 3.8) is 0 Å². The molecule has 4 rings (SSSR count). The zero-order chi connectivity index (χ0) is 19.4. The number of nitrogens with one attached hydrogen (secondary N) is 1. The van der Waals surface area contributed by atoms with Crippen LogP contribution in [0.4, 0.5) is 5.69 Å². The van der Waals surface area contributed by atoms with Gasteiger partial charge in [-0.3, -0.25) is 4.79 Å². The standard InChI is InChI=1S/C24H30ClNO/c1-15-6-11-21-23(2,3)12-5-13-24(21,4)19(15)9-8-17-18-14-16(25)7-10-20(18)26-22(17)27/h7-8,10,14,19,21H,1,5-6,9,11-13H2,2-4H3,(H,26,27)/b17-8+/t19-,21-,24+/m0/s1. The van der Waals surface area contributed by atoms with Crippen molar-refractivity contribution < 1.29 is 4.79 Å². The molecule has 2 fully saturated rings. The third kappa shape index (κ3) is 3.06. The van der Waals surface area contributed by atoms with Crippen molar-refractivity contribution in [1.29, 1.82) is 0 Å². The maximum absolute atomic E-state index is 12.5. The number of halogens is 1. The normalized spacial score (nSPS) is 33.6. The highest BCUT2D eigenvalue weighted by Gasteiger charge is 2.52. The average Bonchev–Trinajstić information content (AvgIpc) is 2.88. The molecule has 0 aromatic heterocycles. The summed E-state index contributed by atoms with van der Waals surface area (Å²) in [6, 6.07) is 5.60. The fourth-order valence-corrected chi connectivity index (χ4v) is 6.48. The topological polar surface area (TPSA) is 29.1 Å². The van der Waals surface area contributed by atoms with Gasteiger partial charge < -0.3 is 5.32 Å². The number of anilines is 1. The SMILES string of the molecule is C=C1CC[C@H]2C(C)(C)CCC[C@]2(C)[C@H]1C/C=C1/C(=O)Nc2ccc(Cl)cc21. The van der Waals surface area contributed by atoms with E-state index in [0.29, 0.717) is 16.4 Å². The van der Waals surface area contributed by atoms with Gasteiger partial charge in [-0.15, -0.1) is 0 Å². The predicted octanol–water partition coefficient (Wildman–Crippen LogP) is 6.86. The van der Waals surface area contributed by atoms with Gasteiger partial charge in [-0.1, -0.05) is 57.0 Å². The van der Waals surface area contributed by atoms with E-state index in [4.69, 9.17) is 11.6 Å². The van der Waals surface area contributed by atoms with Crippen molar-refractivity contribution >= 4 is 28.8 Å². The third-order valence-corrected chi connectivity index (χ3v) is 7.88. The van der Waals surface area contributed by atoms with E-state index in [1.54, 1.807) is 0 Å². The first kappa shape index (κ1) is 18.8. The number of hydrogen-bond acceptors (Lipinski definition) is 1. The molecule has 3 atom stereocenters. The van der Waals surface area contributed by atoms with Crippen LogP contribution in [0.3, 0.4) is 0 Å². The molecule has 1 heterocycles. The fraction of sp³-hybridized carbons (Fsp3) is 0.542. The van der Waals surface area contributed by atoms with Crippen molar-refractivity contribution in [3.05, 3.63) is 47.0 Å². The van der Waals surface area contributed by atoms with E-state index in [2.05, 4.69) is 38.7 Å². The van der Waals surface area contributed by atoms with Gasteiger partial charge in [0, 0.05) is 21.8 Å². The van der Waals surface area contributed by atoms with Gasteiger partial charge in [0.15, 0.2) is 0 Å². The van der Waals surface area contributed by atoms with E-state index >= 15 is 0 Å². The number of hydrogen-bond donors (Lipinski definition) is 1. The molecule has 0 saturated heterocycles. The molecule has 0 unspecified atom stereocenters. The molecule has 1 amide bonds. The quantitative estimate of drug-likeness (QED) is 0.438. The molecular weight excluding hydrogens is 354 g/mol. The molecule has 1 aliphatic heterocycles. The summed E-state index contributed by atoms with van der Waals surface area (Å²) in [5.74, 6) is 1.16. The zero-order valence-electron chi connectivity index (χ0n) is 16.7. The molecule has 27 heavy (non-hydrogen) atoms. The van der Waals surface area contributed by atoms with Crippen LogP contribution in [0.2, 0.25) is 5.02 Å². The lowest BCUT2D eigenvalue weighted by Gasteiger charge is -2.58. The van der Waals surface area contributed by atoms with Crippen LogP contribution >= 0.6 is 11.6 Å². The molecule has 1 aromatic carbocycles. The summed E-state index contributed by atoms with van der Waals surface area (Å²) < 4.78 is 0. The summed E-state index contributed by atoms with van der Waals surface area (Å²) in [6.45, 7) is 11.8. The second-order valence-corrected chi connectivity index (χ2v) is 10.1. The summed E-state index contributed by atoms with van der Waals surface area (Å²) in [5, 5.41) is 3.63. The average molecular weight is 384 g/mol. The predicted molar refractivity (Wildman–Crippen MR) is 114 cm³/mol. The highest BCUT2D eigenvalue weighted by molar-refractivity contribution is 6.34. The Bertz CT molecular complexity index is 837. The molecule has 0 spiro atoms. The van der Waals surface area contributed by atoms with Crippen LogP contribution in [-0.2, 0) is 4.79 Å². The summed E-state index contributed by atoms with van der Waals surface area (Å²) in [4.78, 5) is 12.5. The molecular formula is C24H30ClNO. The van der Waals surface area contributed by atoms with Crippen LogP contribution in [0.1, 0.15) is 64.9 Å². The largest absolute Gasteiger partial charge is 0.321 e. The Morgan fingerprint density at radius 2 is 2.07 bits per heavy atom. The number of allylic oxidation sites excluding steroid dienone is 2. The minimum absolute atomic E-state index is 0.0145. The Balaban J connectivity index is 1.66. The van der Waals surface area contributed by atoms with Crippen LogP contribution in [-0.4, -0.2) is 5.91 Å². The van der Waals surface area contributed by atoms with Crippen LogP contribution < -0.4 is 5.32 Å². The maximum atomic E-state index is 12.5. The zero-order valence-corrected chi connectivity index (χ0v) is 17.5. The minimum Gasteiger partial charge on any atom is -0.321 e. The van der Waals surface area contributed by atoms with E-state index in [9.17, 15) is 4.79 Å². The van der Waals surface area contributed by atoms with Gasteiger partial charge in [0.25, 0.3) is 5.91 Å². The highest BCUT2D eigenvalue weighted by atomic mass is 35.5. The second-order valence-electron chi connectivity index (χ2n) is 9.65. The number of rotatable bonds is 2. The Labute approximate surface area is 168 Å². The van der Waals surface area contributed by atoms with E-state index < -0.39 is 0 Å². The van der Waals surface area contributed by atoms with Gasteiger partial charge in [0.05, 0.1) is 0 Å². The molecule has 2 saturated carbocycles. The van der Waals surface area contributed by atoms with Gasteiger partial charge in [0.1, 0.15) is 0 Å². The van der Waals surface area contributed by atoms with Crippen LogP contribution in [0.5, 0.6) is 0 Å². The monoisotopic (exact) mass is 383 g/mol. The Morgan fingerprint density at radius 3 is 2.85 bits per heavy atom. The molecule has 3 heteroatoms. The van der Waals surface area contributed by atoms with Crippen LogP contribution in [0, 0.1) is 22.7 Å². The van der Waals surface area contributed by atoms with Crippen molar-refractivity contribution in [1.82, 2.24) is 0 Å². The Morgan fingerprint density at radius 1 is 1.30 bits per heavy atom. The summed E-state index contributed by atoms with van der Waals surface area (Å²) in [5.41, 5.74) is 4.60. The summed E-state index contributed by atoms with van der Waals surface area (Å²) >= 11 is 6.17.